The van der Waals surface area contributed by atoms with Crippen LogP contribution in [0.4, 0.5) is 0 Å². The van der Waals surface area contributed by atoms with Gasteiger partial charge < -0.3 is 0 Å². The molecular formula is C20H30O8S2. The predicted molar refractivity (Wildman–Crippen MR) is 108 cm³/mol. The standard InChI is InChI=1S/C20H30O8S2/c1-3-20(28-30(24,25)26)11-9-18-17-6-4-13-12-14(27-29(21,22)23)5-7-15(13)16(17)8-10-19(18,20)2/h1,13-18H,4-12H2,2H3,(H,21,22,23)(H,24,25,26)/t13-,14-,15+,16-,17-,18+,19+,20+/m1/s1. The topological polar surface area (TPSA) is 127 Å². The van der Waals surface area contributed by atoms with Gasteiger partial charge in [0.15, 0.2) is 5.60 Å². The molecule has 0 spiro atoms. The van der Waals surface area contributed by atoms with Gasteiger partial charge in [-0.2, -0.15) is 16.8 Å². The molecule has 4 saturated carbocycles. The van der Waals surface area contributed by atoms with E-state index in [-0.39, 0.29) is 5.92 Å². The molecule has 170 valence electrons. The first-order valence-electron chi connectivity index (χ1n) is 10.7. The Balaban J connectivity index is 1.53. The van der Waals surface area contributed by atoms with Gasteiger partial charge in [0.25, 0.3) is 0 Å². The van der Waals surface area contributed by atoms with Crippen molar-refractivity contribution in [2.24, 2.45) is 35.0 Å². The zero-order chi connectivity index (χ0) is 21.9. The smallest absolute Gasteiger partial charge is 0.264 e. The first-order chi connectivity index (χ1) is 13.9. The highest BCUT2D eigenvalue weighted by Crippen LogP contribution is 2.66. The molecule has 8 nitrogen and oxygen atoms in total. The Bertz CT molecular complexity index is 938. The van der Waals surface area contributed by atoms with Gasteiger partial charge in [-0.15, -0.1) is 6.42 Å². The molecule has 4 rings (SSSR count). The second-order valence-corrected chi connectivity index (χ2v) is 11.9. The molecule has 0 unspecified atom stereocenters. The minimum atomic E-state index is -4.66. The van der Waals surface area contributed by atoms with Crippen LogP contribution in [0.25, 0.3) is 0 Å². The first kappa shape index (κ1) is 22.5. The van der Waals surface area contributed by atoms with Crippen molar-refractivity contribution < 1.29 is 34.3 Å². The molecule has 30 heavy (non-hydrogen) atoms. The van der Waals surface area contributed by atoms with Crippen molar-refractivity contribution in [3.05, 3.63) is 0 Å². The lowest BCUT2D eigenvalue weighted by atomic mass is 9.49. The third-order valence-corrected chi connectivity index (χ3v) is 9.77. The van der Waals surface area contributed by atoms with Gasteiger partial charge in [-0.1, -0.05) is 12.8 Å². The summed E-state index contributed by atoms with van der Waals surface area (Å²) in [4.78, 5) is 0. The summed E-state index contributed by atoms with van der Waals surface area (Å²) in [5.74, 6) is 4.54. The normalized spacial score (nSPS) is 46.3. The molecule has 0 aromatic carbocycles. The molecule has 0 bridgehead atoms. The average Bonchev–Trinajstić information content (AvgIpc) is 2.91. The van der Waals surface area contributed by atoms with Gasteiger partial charge in [0.1, 0.15) is 0 Å². The van der Waals surface area contributed by atoms with Gasteiger partial charge >= 0.3 is 20.8 Å². The van der Waals surface area contributed by atoms with E-state index in [0.717, 1.165) is 38.5 Å². The maximum absolute atomic E-state index is 11.5. The van der Waals surface area contributed by atoms with Crippen molar-refractivity contribution in [3.8, 4) is 12.3 Å². The van der Waals surface area contributed by atoms with Crippen LogP contribution in [0.3, 0.4) is 0 Å². The second-order valence-electron chi connectivity index (χ2n) is 9.87. The van der Waals surface area contributed by atoms with Gasteiger partial charge in [-0.25, -0.2) is 8.37 Å². The Morgan fingerprint density at radius 3 is 2.23 bits per heavy atom. The number of hydrogen-bond donors (Lipinski definition) is 2. The van der Waals surface area contributed by atoms with Crippen molar-refractivity contribution in [1.82, 2.24) is 0 Å². The fourth-order valence-corrected chi connectivity index (χ4v) is 8.85. The molecule has 4 aliphatic rings. The number of rotatable bonds is 4. The van der Waals surface area contributed by atoms with Gasteiger partial charge in [0.2, 0.25) is 0 Å². The molecule has 0 amide bonds. The largest absolute Gasteiger partial charge is 0.398 e. The third kappa shape index (κ3) is 3.82. The van der Waals surface area contributed by atoms with Gasteiger partial charge in [0.05, 0.1) is 6.10 Å². The number of terminal acetylenes is 1. The quantitative estimate of drug-likeness (QED) is 0.482. The molecule has 0 saturated heterocycles. The molecule has 0 aromatic rings. The molecule has 0 aromatic heterocycles. The fraction of sp³-hybridized carbons (Fsp3) is 0.900. The van der Waals surface area contributed by atoms with E-state index in [2.05, 4.69) is 5.92 Å². The van der Waals surface area contributed by atoms with Crippen LogP contribution in [-0.4, -0.2) is 37.6 Å². The minimum Gasteiger partial charge on any atom is -0.264 e. The summed E-state index contributed by atoms with van der Waals surface area (Å²) in [6.45, 7) is 2.01. The van der Waals surface area contributed by atoms with E-state index in [1.807, 2.05) is 6.92 Å². The fourth-order valence-electron chi connectivity index (χ4n) is 7.65. The third-order valence-electron chi connectivity index (χ3n) is 8.76. The maximum atomic E-state index is 11.5. The summed E-state index contributed by atoms with van der Waals surface area (Å²) < 4.78 is 73.6. The number of hydrogen-bond acceptors (Lipinski definition) is 6. The molecule has 8 atom stereocenters. The van der Waals surface area contributed by atoms with Crippen LogP contribution in [0.2, 0.25) is 0 Å². The highest BCUT2D eigenvalue weighted by atomic mass is 32.3. The van der Waals surface area contributed by atoms with E-state index in [4.69, 9.17) is 19.3 Å². The van der Waals surface area contributed by atoms with Crippen LogP contribution in [0.5, 0.6) is 0 Å². The van der Waals surface area contributed by atoms with Gasteiger partial charge in [-0.05, 0) is 87.4 Å². The molecule has 2 N–H and O–H groups in total. The summed E-state index contributed by atoms with van der Waals surface area (Å²) in [5, 5.41) is 0. The molecule has 0 heterocycles. The zero-order valence-electron chi connectivity index (χ0n) is 17.1. The lowest BCUT2D eigenvalue weighted by molar-refractivity contribution is -0.102. The summed E-state index contributed by atoms with van der Waals surface area (Å²) >= 11 is 0. The Kier molecular flexibility index (Phi) is 5.57. The minimum absolute atomic E-state index is 0.224. The van der Waals surface area contributed by atoms with Crippen LogP contribution in [0, 0.1) is 47.3 Å². The van der Waals surface area contributed by atoms with Crippen molar-refractivity contribution in [1.29, 1.82) is 0 Å². The highest BCUT2D eigenvalue weighted by Gasteiger charge is 2.65. The van der Waals surface area contributed by atoms with Crippen LogP contribution in [-0.2, 0) is 29.2 Å². The zero-order valence-corrected chi connectivity index (χ0v) is 18.7. The summed E-state index contributed by atoms with van der Waals surface area (Å²) in [6.07, 6.45) is 12.1. The molecular weight excluding hydrogens is 432 g/mol. The van der Waals surface area contributed by atoms with E-state index in [1.54, 1.807) is 0 Å². The maximum Gasteiger partial charge on any atom is 0.398 e. The van der Waals surface area contributed by atoms with E-state index in [1.165, 1.54) is 0 Å². The molecule has 0 radical (unpaired) electrons. The monoisotopic (exact) mass is 462 g/mol. The average molecular weight is 463 g/mol. The SMILES string of the molecule is C#C[C@]1(OS(=O)(=O)O)CC[C@H]2[C@@H]3CC[C@@H]4C[C@H](OS(=O)(=O)O)CC[C@@H]4[C@H]3CC[C@@]21C. The van der Waals surface area contributed by atoms with Crippen molar-refractivity contribution in [2.75, 3.05) is 0 Å². The Hall–Kier alpha value is -0.700. The van der Waals surface area contributed by atoms with Crippen molar-refractivity contribution >= 4 is 20.8 Å². The Morgan fingerprint density at radius 2 is 1.60 bits per heavy atom. The first-order valence-corrected chi connectivity index (χ1v) is 13.4. The second kappa shape index (κ2) is 7.42. The van der Waals surface area contributed by atoms with E-state index < -0.39 is 37.9 Å². The Labute approximate surface area is 179 Å². The lowest BCUT2D eigenvalue weighted by Gasteiger charge is -2.57. The summed E-state index contributed by atoms with van der Waals surface area (Å²) in [7, 11) is -9.10. The summed E-state index contributed by atoms with van der Waals surface area (Å²) in [6, 6.07) is 0. The van der Waals surface area contributed by atoms with E-state index in [0.29, 0.717) is 42.9 Å². The van der Waals surface area contributed by atoms with Gasteiger partial charge in [-0.3, -0.25) is 9.11 Å². The number of fused-ring (bicyclic) bond motifs is 5. The van der Waals surface area contributed by atoms with Crippen molar-refractivity contribution in [3.63, 3.8) is 0 Å². The molecule has 10 heteroatoms. The lowest BCUT2D eigenvalue weighted by Crippen LogP contribution is -2.54. The predicted octanol–water partition coefficient (Wildman–Crippen LogP) is 3.02. The molecule has 0 aliphatic heterocycles. The molecule has 4 aliphatic carbocycles. The van der Waals surface area contributed by atoms with Crippen LogP contribution < -0.4 is 0 Å². The summed E-state index contributed by atoms with van der Waals surface area (Å²) in [5.41, 5.74) is -1.83. The Morgan fingerprint density at radius 1 is 0.900 bits per heavy atom. The van der Waals surface area contributed by atoms with Crippen molar-refractivity contribution in [2.45, 2.75) is 76.4 Å². The van der Waals surface area contributed by atoms with E-state index >= 15 is 0 Å². The van der Waals surface area contributed by atoms with Crippen LogP contribution >= 0.6 is 0 Å². The van der Waals surface area contributed by atoms with Crippen LogP contribution in [0.15, 0.2) is 0 Å². The van der Waals surface area contributed by atoms with Crippen LogP contribution in [0.1, 0.15) is 64.7 Å². The van der Waals surface area contributed by atoms with Gasteiger partial charge in [0, 0.05) is 5.41 Å². The van der Waals surface area contributed by atoms with E-state index in [9.17, 15) is 21.4 Å². The highest BCUT2D eigenvalue weighted by molar-refractivity contribution is 7.81. The molecule has 4 fully saturated rings.